The average molecular weight is 318 g/mol. The van der Waals surface area contributed by atoms with Gasteiger partial charge >= 0.3 is 0 Å². The van der Waals surface area contributed by atoms with E-state index in [4.69, 9.17) is 11.6 Å². The zero-order valence-electron chi connectivity index (χ0n) is 14.5. The van der Waals surface area contributed by atoms with E-state index in [9.17, 15) is 4.79 Å². The lowest BCUT2D eigenvalue weighted by atomic mass is 9.95. The fourth-order valence-electron chi connectivity index (χ4n) is 2.60. The highest BCUT2D eigenvalue weighted by molar-refractivity contribution is 6.18. The molecule has 21 heavy (non-hydrogen) atoms. The van der Waals surface area contributed by atoms with Crippen molar-refractivity contribution in [3.05, 3.63) is 0 Å². The van der Waals surface area contributed by atoms with Crippen LogP contribution in [-0.4, -0.2) is 17.3 Å². The molecule has 0 fully saturated rings. The van der Waals surface area contributed by atoms with Gasteiger partial charge in [-0.05, 0) is 19.3 Å². The number of halogens is 1. The Balaban J connectivity index is 3.58. The van der Waals surface area contributed by atoms with Crippen LogP contribution >= 0.6 is 11.6 Å². The highest BCUT2D eigenvalue weighted by Crippen LogP contribution is 2.17. The Bertz CT molecular complexity index is 243. The normalized spacial score (nSPS) is 11.6. The number of hydrogen-bond acceptors (Lipinski definition) is 1. The Morgan fingerprint density at radius 2 is 1.33 bits per heavy atom. The lowest BCUT2D eigenvalue weighted by Crippen LogP contribution is -2.49. The lowest BCUT2D eigenvalue weighted by Gasteiger charge is -2.30. The number of alkyl halides is 1. The second kappa shape index (κ2) is 13.4. The topological polar surface area (TPSA) is 29.1 Å². The molecule has 2 nitrogen and oxygen atoms in total. The fourth-order valence-corrected chi connectivity index (χ4v) is 3.05. The smallest absolute Gasteiger partial charge is 0.220 e. The van der Waals surface area contributed by atoms with Gasteiger partial charge in [-0.3, -0.25) is 4.79 Å². The Kier molecular flexibility index (Phi) is 13.3. The van der Waals surface area contributed by atoms with Crippen LogP contribution in [0.1, 0.15) is 97.8 Å². The summed E-state index contributed by atoms with van der Waals surface area (Å²) in [4.78, 5) is 12.0. The van der Waals surface area contributed by atoms with Crippen LogP contribution in [0.4, 0.5) is 0 Å². The number of nitrogens with one attached hydrogen (secondary N) is 1. The van der Waals surface area contributed by atoms with E-state index in [0.29, 0.717) is 12.3 Å². The third kappa shape index (κ3) is 10.2. The first kappa shape index (κ1) is 20.8. The maximum absolute atomic E-state index is 12.0. The minimum absolute atomic E-state index is 0.169. The van der Waals surface area contributed by atoms with Gasteiger partial charge in [0, 0.05) is 12.3 Å². The van der Waals surface area contributed by atoms with Crippen molar-refractivity contribution in [2.45, 2.75) is 103 Å². The minimum Gasteiger partial charge on any atom is -0.349 e. The summed E-state index contributed by atoms with van der Waals surface area (Å²) in [6.07, 6.45) is 14.0. The molecule has 0 aliphatic carbocycles. The van der Waals surface area contributed by atoms with Crippen molar-refractivity contribution in [3.8, 4) is 0 Å². The Labute approximate surface area is 137 Å². The predicted molar refractivity (Wildman–Crippen MR) is 94.0 cm³/mol. The van der Waals surface area contributed by atoms with Crippen molar-refractivity contribution < 1.29 is 4.79 Å². The zero-order valence-corrected chi connectivity index (χ0v) is 15.2. The van der Waals surface area contributed by atoms with Crippen molar-refractivity contribution in [2.24, 2.45) is 0 Å². The quantitative estimate of drug-likeness (QED) is 0.317. The Hall–Kier alpha value is -0.240. The fraction of sp³-hybridized carbons (Fsp3) is 0.944. The van der Waals surface area contributed by atoms with Crippen LogP contribution in [0, 0.1) is 0 Å². The van der Waals surface area contributed by atoms with Crippen molar-refractivity contribution in [3.63, 3.8) is 0 Å². The SMILES string of the molecule is CCCCCCCCCCCC(=O)NC(CC)(CC)CCl. The van der Waals surface area contributed by atoms with Gasteiger partial charge in [0.2, 0.25) is 5.91 Å². The van der Waals surface area contributed by atoms with E-state index in [2.05, 4.69) is 26.1 Å². The van der Waals surface area contributed by atoms with E-state index >= 15 is 0 Å². The number of rotatable bonds is 14. The molecule has 0 saturated carbocycles. The first-order chi connectivity index (χ1) is 10.1. The van der Waals surface area contributed by atoms with Crippen LogP contribution in [-0.2, 0) is 4.79 Å². The third-order valence-electron chi connectivity index (χ3n) is 4.52. The summed E-state index contributed by atoms with van der Waals surface area (Å²) in [5, 5.41) is 3.13. The maximum atomic E-state index is 12.0. The first-order valence-electron chi connectivity index (χ1n) is 9.01. The molecule has 126 valence electrons. The van der Waals surface area contributed by atoms with Crippen molar-refractivity contribution >= 4 is 17.5 Å². The van der Waals surface area contributed by atoms with Crippen LogP contribution in [0.5, 0.6) is 0 Å². The molecule has 0 aliphatic rings. The van der Waals surface area contributed by atoms with E-state index in [1.165, 1.54) is 51.4 Å². The molecule has 0 saturated heterocycles. The molecule has 0 bridgehead atoms. The molecule has 0 heterocycles. The van der Waals surface area contributed by atoms with Gasteiger partial charge in [0.1, 0.15) is 0 Å². The van der Waals surface area contributed by atoms with Crippen LogP contribution in [0.3, 0.4) is 0 Å². The van der Waals surface area contributed by atoms with Crippen LogP contribution in [0.15, 0.2) is 0 Å². The van der Waals surface area contributed by atoms with Gasteiger partial charge < -0.3 is 5.32 Å². The molecule has 0 aromatic carbocycles. The summed E-state index contributed by atoms with van der Waals surface area (Å²) in [5.74, 6) is 0.672. The van der Waals surface area contributed by atoms with Gasteiger partial charge in [-0.2, -0.15) is 0 Å². The van der Waals surface area contributed by atoms with Gasteiger partial charge in [0.25, 0.3) is 0 Å². The number of unbranched alkanes of at least 4 members (excludes halogenated alkanes) is 8. The Morgan fingerprint density at radius 1 is 0.857 bits per heavy atom. The summed E-state index contributed by atoms with van der Waals surface area (Å²) in [7, 11) is 0. The Morgan fingerprint density at radius 3 is 1.76 bits per heavy atom. The largest absolute Gasteiger partial charge is 0.349 e. The lowest BCUT2D eigenvalue weighted by molar-refractivity contribution is -0.123. The van der Waals surface area contributed by atoms with Crippen molar-refractivity contribution in [2.75, 3.05) is 5.88 Å². The van der Waals surface area contributed by atoms with E-state index in [1.807, 2.05) is 0 Å². The van der Waals surface area contributed by atoms with Gasteiger partial charge in [-0.15, -0.1) is 11.6 Å². The zero-order chi connectivity index (χ0) is 16.0. The summed E-state index contributed by atoms with van der Waals surface area (Å²) in [6, 6.07) is 0. The van der Waals surface area contributed by atoms with Gasteiger partial charge in [-0.25, -0.2) is 0 Å². The van der Waals surface area contributed by atoms with Crippen molar-refractivity contribution in [1.29, 1.82) is 0 Å². The second-order valence-corrected chi connectivity index (χ2v) is 6.51. The monoisotopic (exact) mass is 317 g/mol. The van der Waals surface area contributed by atoms with Gasteiger partial charge in [-0.1, -0.05) is 72.1 Å². The van der Waals surface area contributed by atoms with E-state index in [1.54, 1.807) is 0 Å². The predicted octanol–water partition coefficient (Wildman–Crippen LogP) is 5.82. The molecule has 0 unspecified atom stereocenters. The molecular weight excluding hydrogens is 282 g/mol. The van der Waals surface area contributed by atoms with E-state index in [0.717, 1.165) is 19.3 Å². The molecule has 1 amide bonds. The molecular formula is C18H36ClNO. The van der Waals surface area contributed by atoms with Crippen LogP contribution < -0.4 is 5.32 Å². The molecule has 0 aromatic heterocycles. The van der Waals surface area contributed by atoms with Crippen molar-refractivity contribution in [1.82, 2.24) is 5.32 Å². The number of amides is 1. The molecule has 0 radical (unpaired) electrons. The average Bonchev–Trinajstić information content (AvgIpc) is 2.51. The molecule has 0 spiro atoms. The molecule has 0 aromatic rings. The molecule has 0 rings (SSSR count). The molecule has 0 aliphatic heterocycles. The molecule has 0 atom stereocenters. The number of carbonyl (C=O) groups is 1. The second-order valence-electron chi connectivity index (χ2n) is 6.25. The van der Waals surface area contributed by atoms with E-state index < -0.39 is 0 Å². The number of hydrogen-bond donors (Lipinski definition) is 1. The van der Waals surface area contributed by atoms with Gasteiger partial charge in [0.15, 0.2) is 0 Å². The summed E-state index contributed by atoms with van der Waals surface area (Å²) in [6.45, 7) is 6.43. The van der Waals surface area contributed by atoms with Crippen LogP contribution in [0.25, 0.3) is 0 Å². The third-order valence-corrected chi connectivity index (χ3v) is 5.03. The maximum Gasteiger partial charge on any atom is 0.220 e. The highest BCUT2D eigenvalue weighted by Gasteiger charge is 2.26. The minimum atomic E-state index is -0.197. The van der Waals surface area contributed by atoms with Crippen LogP contribution in [0.2, 0.25) is 0 Å². The molecule has 1 N–H and O–H groups in total. The summed E-state index contributed by atoms with van der Waals surface area (Å²) in [5.41, 5.74) is -0.197. The standard InChI is InChI=1S/C18H36ClNO/c1-4-7-8-9-10-11-12-13-14-15-17(21)20-18(5-2,6-3)16-19/h4-16H2,1-3H3,(H,20,21). The van der Waals surface area contributed by atoms with E-state index in [-0.39, 0.29) is 11.4 Å². The van der Waals surface area contributed by atoms with Gasteiger partial charge in [0.05, 0.1) is 5.54 Å². The molecule has 3 heteroatoms. The first-order valence-corrected chi connectivity index (χ1v) is 9.54. The number of carbonyl (C=O) groups excluding carboxylic acids is 1. The highest BCUT2D eigenvalue weighted by atomic mass is 35.5. The summed E-state index contributed by atoms with van der Waals surface area (Å²) >= 11 is 6.01. The summed E-state index contributed by atoms with van der Waals surface area (Å²) < 4.78 is 0.